The van der Waals surface area contributed by atoms with Crippen LogP contribution >= 0.6 is 23.3 Å². The number of carbonyl (C=O) groups is 3. The van der Waals surface area contributed by atoms with E-state index in [0.717, 1.165) is 30.8 Å². The molecule has 4 N–H and O–H groups in total. The third kappa shape index (κ3) is 4.48. The zero-order valence-corrected chi connectivity index (χ0v) is 21.5. The summed E-state index contributed by atoms with van der Waals surface area (Å²) in [5.74, 6) is -2.07. The molecule has 0 aromatic carbocycles. The van der Waals surface area contributed by atoms with Crippen LogP contribution in [-0.4, -0.2) is 71.3 Å². The third-order valence-electron chi connectivity index (χ3n) is 6.42. The van der Waals surface area contributed by atoms with Gasteiger partial charge in [0, 0.05) is 28.4 Å². The zero-order valence-electron chi connectivity index (χ0n) is 19.9. The van der Waals surface area contributed by atoms with Crippen molar-refractivity contribution in [1.82, 2.24) is 24.3 Å². The van der Waals surface area contributed by atoms with Gasteiger partial charge in [0.05, 0.1) is 12.7 Å². The molecule has 4 heterocycles. The van der Waals surface area contributed by atoms with Crippen LogP contribution in [0.4, 0.5) is 5.13 Å². The van der Waals surface area contributed by atoms with Crippen molar-refractivity contribution < 1.29 is 29.0 Å². The molecule has 2 atom stereocenters. The van der Waals surface area contributed by atoms with Crippen LogP contribution in [0.3, 0.4) is 0 Å². The van der Waals surface area contributed by atoms with Gasteiger partial charge in [-0.2, -0.15) is 14.0 Å². The maximum atomic E-state index is 13.1. The van der Waals surface area contributed by atoms with Crippen LogP contribution in [0.1, 0.15) is 23.5 Å². The lowest BCUT2D eigenvalue weighted by molar-refractivity contribution is -0.767. The SMILES string of the molecule is C=CCON=C(C(=O)NC1C(=O)N2C(C(=O)O)=C(C[n+]3cc4c(n3C)CCC4)CS[C@H]12)c1nsc(N)n1. The summed E-state index contributed by atoms with van der Waals surface area (Å²) >= 11 is 2.28. The van der Waals surface area contributed by atoms with E-state index in [-0.39, 0.29) is 29.0 Å². The van der Waals surface area contributed by atoms with Gasteiger partial charge in [0.15, 0.2) is 17.9 Å². The Balaban J connectivity index is 1.35. The van der Waals surface area contributed by atoms with Gasteiger partial charge in [-0.05, 0) is 19.3 Å². The first-order valence-corrected chi connectivity index (χ1v) is 13.3. The zero-order chi connectivity index (χ0) is 26.3. The number of amides is 2. The summed E-state index contributed by atoms with van der Waals surface area (Å²) in [7, 11) is 1.97. The highest BCUT2D eigenvalue weighted by atomic mass is 32.2. The molecule has 2 aromatic rings. The molecule has 1 fully saturated rings. The fourth-order valence-corrected chi connectivity index (χ4v) is 6.48. The summed E-state index contributed by atoms with van der Waals surface area (Å²) < 4.78 is 8.04. The van der Waals surface area contributed by atoms with E-state index in [0.29, 0.717) is 17.9 Å². The molecule has 37 heavy (non-hydrogen) atoms. The normalized spacial score (nSPS) is 20.8. The lowest BCUT2D eigenvalue weighted by Crippen LogP contribution is -2.71. The van der Waals surface area contributed by atoms with Crippen molar-refractivity contribution in [3.63, 3.8) is 0 Å². The Morgan fingerprint density at radius 3 is 2.95 bits per heavy atom. The summed E-state index contributed by atoms with van der Waals surface area (Å²) in [4.78, 5) is 48.6. The van der Waals surface area contributed by atoms with E-state index in [1.54, 1.807) is 0 Å². The van der Waals surface area contributed by atoms with E-state index in [9.17, 15) is 19.5 Å². The minimum Gasteiger partial charge on any atom is -0.477 e. The number of aryl methyl sites for hydroxylation is 1. The highest BCUT2D eigenvalue weighted by Gasteiger charge is 2.55. The summed E-state index contributed by atoms with van der Waals surface area (Å²) in [6.45, 7) is 3.93. The molecule has 194 valence electrons. The lowest BCUT2D eigenvalue weighted by atomic mass is 10.0. The van der Waals surface area contributed by atoms with Crippen LogP contribution in [0, 0.1) is 0 Å². The molecule has 1 saturated heterocycles. The van der Waals surface area contributed by atoms with E-state index in [1.165, 1.54) is 34.0 Å². The van der Waals surface area contributed by atoms with Crippen molar-refractivity contribution in [2.75, 3.05) is 18.1 Å². The standard InChI is InChI=1S/C22H24N8O5S2/c1-3-7-35-26-14(17-25-22(23)37-27-17)18(31)24-15-19(32)30-16(21(33)34)12(10-36-20(15)30)9-29-8-11-5-4-6-13(11)28(29)2/h3,8,15,20H,1,4-7,9-10H2,2H3,(H3-,23,24,25,27,31,33,34)/p+1/t15?,20-/m1/s1. The first-order chi connectivity index (χ1) is 17.8. The molecule has 5 rings (SSSR count). The summed E-state index contributed by atoms with van der Waals surface area (Å²) in [6.07, 6.45) is 6.64. The number of nitrogens with two attached hydrogens (primary N) is 1. The number of hydrogen-bond acceptors (Lipinski definition) is 10. The topological polar surface area (TPSA) is 169 Å². The predicted octanol–water partition coefficient (Wildman–Crippen LogP) is -0.419. The fourth-order valence-electron chi connectivity index (χ4n) is 4.71. The van der Waals surface area contributed by atoms with E-state index in [1.807, 2.05) is 11.7 Å². The molecule has 15 heteroatoms. The van der Waals surface area contributed by atoms with Crippen LogP contribution in [-0.2, 0) is 45.7 Å². The average Bonchev–Trinajstić information content (AvgIpc) is 3.58. The molecular weight excluding hydrogens is 520 g/mol. The van der Waals surface area contributed by atoms with E-state index in [4.69, 9.17) is 10.6 Å². The summed E-state index contributed by atoms with van der Waals surface area (Å²) in [5, 5.41) is 16.0. The Morgan fingerprint density at radius 1 is 1.46 bits per heavy atom. The molecule has 0 radical (unpaired) electrons. The maximum absolute atomic E-state index is 13.1. The van der Waals surface area contributed by atoms with Gasteiger partial charge in [-0.15, -0.1) is 16.4 Å². The largest absolute Gasteiger partial charge is 0.477 e. The molecule has 0 bridgehead atoms. The van der Waals surface area contributed by atoms with Gasteiger partial charge in [0.2, 0.25) is 11.5 Å². The van der Waals surface area contributed by atoms with Crippen molar-refractivity contribution >= 4 is 51.9 Å². The van der Waals surface area contributed by atoms with Crippen molar-refractivity contribution in [2.24, 2.45) is 12.2 Å². The molecule has 0 spiro atoms. The Labute approximate surface area is 219 Å². The monoisotopic (exact) mass is 545 g/mol. The summed E-state index contributed by atoms with van der Waals surface area (Å²) in [5.41, 5.74) is 8.52. The second kappa shape index (κ2) is 9.97. The van der Waals surface area contributed by atoms with Gasteiger partial charge < -0.3 is 21.0 Å². The number of carboxylic acids is 1. The minimum absolute atomic E-state index is 0.0368. The van der Waals surface area contributed by atoms with Crippen molar-refractivity contribution in [1.29, 1.82) is 0 Å². The number of thioether (sulfide) groups is 1. The average molecular weight is 546 g/mol. The van der Waals surface area contributed by atoms with Gasteiger partial charge in [-0.25, -0.2) is 4.79 Å². The number of nitrogens with one attached hydrogen (secondary N) is 1. The lowest BCUT2D eigenvalue weighted by Gasteiger charge is -2.49. The first-order valence-electron chi connectivity index (χ1n) is 11.5. The number of oxime groups is 1. The molecule has 2 amide bonds. The second-order valence-electron chi connectivity index (χ2n) is 8.67. The number of aromatic nitrogens is 4. The van der Waals surface area contributed by atoms with Gasteiger partial charge in [-0.3, -0.25) is 14.5 Å². The van der Waals surface area contributed by atoms with Crippen molar-refractivity contribution in [3.8, 4) is 0 Å². The number of hydrogen-bond donors (Lipinski definition) is 3. The molecule has 1 unspecified atom stereocenters. The van der Waals surface area contributed by atoms with Gasteiger partial charge in [0.25, 0.3) is 11.8 Å². The number of nitrogen functional groups attached to an aromatic ring is 1. The number of fused-ring (bicyclic) bond motifs is 2. The highest BCUT2D eigenvalue weighted by Crippen LogP contribution is 2.40. The van der Waals surface area contributed by atoms with Crippen LogP contribution < -0.4 is 15.7 Å². The minimum atomic E-state index is -1.18. The molecule has 1 aliphatic carbocycles. The maximum Gasteiger partial charge on any atom is 0.352 e. The molecular formula is C22H25N8O5S2+. The molecule has 3 aliphatic rings. The van der Waals surface area contributed by atoms with Gasteiger partial charge in [0.1, 0.15) is 23.7 Å². The number of rotatable bonds is 9. The Morgan fingerprint density at radius 2 is 2.27 bits per heavy atom. The van der Waals surface area contributed by atoms with Crippen molar-refractivity contribution in [3.05, 3.63) is 47.2 Å². The molecule has 2 aliphatic heterocycles. The number of carbonyl (C=O) groups excluding carboxylic acids is 2. The number of anilines is 1. The number of β-lactam (4-membered cyclic amide) rings is 1. The predicted molar refractivity (Wildman–Crippen MR) is 134 cm³/mol. The van der Waals surface area contributed by atoms with Crippen LogP contribution in [0.5, 0.6) is 0 Å². The molecule has 2 aromatic heterocycles. The number of aliphatic carboxylic acids is 1. The quantitative estimate of drug-likeness (QED) is 0.0946. The molecule has 0 saturated carbocycles. The van der Waals surface area contributed by atoms with E-state index >= 15 is 0 Å². The first kappa shape index (κ1) is 25.0. The fraction of sp³-hybridized carbons (Fsp3) is 0.409. The van der Waals surface area contributed by atoms with E-state index in [2.05, 4.69) is 37.3 Å². The van der Waals surface area contributed by atoms with Crippen molar-refractivity contribution in [2.45, 2.75) is 37.2 Å². The summed E-state index contributed by atoms with van der Waals surface area (Å²) in [6, 6.07) is -0.944. The van der Waals surface area contributed by atoms with Crippen LogP contribution in [0.15, 0.2) is 35.3 Å². The van der Waals surface area contributed by atoms with E-state index < -0.39 is 29.2 Å². The van der Waals surface area contributed by atoms with Gasteiger partial charge >= 0.3 is 5.97 Å². The Bertz CT molecular complexity index is 1360. The Hall–Kier alpha value is -3.72. The highest BCUT2D eigenvalue weighted by molar-refractivity contribution is 8.00. The number of carboxylic acid groups (broad SMARTS) is 1. The van der Waals surface area contributed by atoms with Gasteiger partial charge in [-0.1, -0.05) is 17.8 Å². The smallest absolute Gasteiger partial charge is 0.352 e. The third-order valence-corrected chi connectivity index (χ3v) is 8.30. The number of nitrogens with zero attached hydrogens (tertiary/aromatic N) is 6. The van der Waals surface area contributed by atoms with Crippen LogP contribution in [0.2, 0.25) is 0 Å². The Kier molecular flexibility index (Phi) is 6.72. The molecule has 13 nitrogen and oxygen atoms in total. The van der Waals surface area contributed by atoms with Crippen LogP contribution in [0.25, 0.3) is 0 Å². The second-order valence-corrected chi connectivity index (χ2v) is 10.6.